The highest BCUT2D eigenvalue weighted by atomic mass is 35.5. The molecule has 8 heteroatoms. The van der Waals surface area contributed by atoms with E-state index < -0.39 is 30.2 Å². The average molecular weight is 453 g/mol. The van der Waals surface area contributed by atoms with Crippen molar-refractivity contribution in [2.45, 2.75) is 52.2 Å². The van der Waals surface area contributed by atoms with Crippen LogP contribution in [0, 0.1) is 0 Å². The third-order valence-electron chi connectivity index (χ3n) is 4.59. The Morgan fingerprint density at radius 2 is 1.97 bits per heavy atom. The molecule has 1 heterocycles. The van der Waals surface area contributed by atoms with Gasteiger partial charge >= 0.3 is 5.97 Å². The van der Waals surface area contributed by atoms with Gasteiger partial charge in [0.15, 0.2) is 5.78 Å². The summed E-state index contributed by atoms with van der Waals surface area (Å²) in [5.41, 5.74) is -0.765. The number of Topliss-reactive ketones (excluding diaryl/α,β-unsaturated/α-hetero) is 1. The molecule has 0 fully saturated rings. The SMILES string of the molecule is [2H]C([2H])([2H])Oc1cn(C(CCOC(C)(C)C)C(=O)O)c(=O)cc1-c1cc(Cl)ccc1C(=O)CC. The Bertz CT molecular complexity index is 1120. The Balaban J connectivity index is 2.69. The lowest BCUT2D eigenvalue weighted by Gasteiger charge is -2.22. The number of nitrogens with zero attached hydrogens (tertiary/aromatic N) is 1. The minimum absolute atomic E-state index is 0.0201. The number of rotatable bonds is 9. The molecule has 0 saturated heterocycles. The maximum absolute atomic E-state index is 13.0. The lowest BCUT2D eigenvalue weighted by atomic mass is 9.96. The Morgan fingerprint density at radius 3 is 2.55 bits per heavy atom. The Kier molecular flexibility index (Phi) is 6.61. The second-order valence-electron chi connectivity index (χ2n) is 7.97. The normalized spacial score (nSPS) is 14.3. The molecule has 0 radical (unpaired) electrons. The van der Waals surface area contributed by atoms with E-state index in [4.69, 9.17) is 25.2 Å². The number of ketones is 1. The summed E-state index contributed by atoms with van der Waals surface area (Å²) < 4.78 is 34.2. The third kappa shape index (κ3) is 6.18. The standard InChI is InChI=1S/C23H28ClNO6/c1-6-19(26)15-8-7-14(24)11-16(15)17-12-21(27)25(13-20(17)30-5)18(22(28)29)9-10-31-23(2,3)4/h7-8,11-13,18H,6,9-10H2,1-5H3,(H,28,29)/i5D3. The fourth-order valence-corrected chi connectivity index (χ4v) is 3.27. The van der Waals surface area contributed by atoms with E-state index in [-0.39, 0.29) is 52.7 Å². The van der Waals surface area contributed by atoms with E-state index in [1.807, 2.05) is 20.8 Å². The van der Waals surface area contributed by atoms with Crippen LogP contribution in [0.25, 0.3) is 11.1 Å². The summed E-state index contributed by atoms with van der Waals surface area (Å²) in [6.45, 7) is 7.15. The summed E-state index contributed by atoms with van der Waals surface area (Å²) in [6.07, 6.45) is 1.16. The first-order valence-corrected chi connectivity index (χ1v) is 10.2. The molecule has 0 aliphatic carbocycles. The highest BCUT2D eigenvalue weighted by Crippen LogP contribution is 2.34. The maximum Gasteiger partial charge on any atom is 0.326 e. The number of hydrogen-bond acceptors (Lipinski definition) is 5. The predicted molar refractivity (Wildman–Crippen MR) is 119 cm³/mol. The number of aliphatic carboxylic acids is 1. The van der Waals surface area contributed by atoms with Gasteiger partial charge in [-0.05, 0) is 44.5 Å². The minimum Gasteiger partial charge on any atom is -0.495 e. The molecule has 1 atom stereocenters. The fourth-order valence-electron chi connectivity index (χ4n) is 3.10. The summed E-state index contributed by atoms with van der Waals surface area (Å²) in [4.78, 5) is 37.5. The van der Waals surface area contributed by atoms with E-state index in [9.17, 15) is 19.5 Å². The molecule has 31 heavy (non-hydrogen) atoms. The monoisotopic (exact) mass is 452 g/mol. The molecule has 1 unspecified atom stereocenters. The number of pyridine rings is 1. The van der Waals surface area contributed by atoms with Crippen LogP contribution in [0.15, 0.2) is 35.3 Å². The van der Waals surface area contributed by atoms with Crippen LogP contribution in [0.1, 0.15) is 61.0 Å². The van der Waals surface area contributed by atoms with Crippen LogP contribution in [-0.4, -0.2) is 40.7 Å². The number of halogens is 1. The smallest absolute Gasteiger partial charge is 0.326 e. The number of carboxylic acid groups (broad SMARTS) is 1. The zero-order valence-electron chi connectivity index (χ0n) is 20.9. The van der Waals surface area contributed by atoms with E-state index in [0.29, 0.717) is 0 Å². The third-order valence-corrected chi connectivity index (χ3v) is 4.83. The van der Waals surface area contributed by atoms with Crippen molar-refractivity contribution in [3.8, 4) is 16.9 Å². The molecule has 1 N–H and O–H groups in total. The van der Waals surface area contributed by atoms with Crippen LogP contribution in [0.2, 0.25) is 5.02 Å². The topological polar surface area (TPSA) is 94.8 Å². The van der Waals surface area contributed by atoms with E-state index in [2.05, 4.69) is 0 Å². The molecule has 0 spiro atoms. The van der Waals surface area contributed by atoms with Crippen molar-refractivity contribution < 1.29 is 28.3 Å². The van der Waals surface area contributed by atoms with Gasteiger partial charge in [0.1, 0.15) is 11.8 Å². The predicted octanol–water partition coefficient (Wildman–Crippen LogP) is 4.60. The number of hydrogen-bond donors (Lipinski definition) is 1. The number of carbonyl (C=O) groups is 2. The van der Waals surface area contributed by atoms with Crippen LogP contribution in [0.4, 0.5) is 0 Å². The molecular formula is C23H28ClNO6. The van der Waals surface area contributed by atoms with Crippen molar-refractivity contribution in [3.05, 3.63) is 51.4 Å². The highest BCUT2D eigenvalue weighted by molar-refractivity contribution is 6.31. The lowest BCUT2D eigenvalue weighted by Crippen LogP contribution is -2.31. The summed E-state index contributed by atoms with van der Waals surface area (Å²) in [7, 11) is -2.90. The summed E-state index contributed by atoms with van der Waals surface area (Å²) in [6, 6.07) is 4.15. The van der Waals surface area contributed by atoms with E-state index in [0.717, 1.165) is 16.8 Å². The maximum atomic E-state index is 13.0. The van der Waals surface area contributed by atoms with Crippen molar-refractivity contribution in [2.24, 2.45) is 0 Å². The second kappa shape index (κ2) is 10.1. The molecule has 0 aliphatic heterocycles. The van der Waals surface area contributed by atoms with Gasteiger partial charge < -0.3 is 14.6 Å². The highest BCUT2D eigenvalue weighted by Gasteiger charge is 2.25. The number of carboxylic acids is 1. The van der Waals surface area contributed by atoms with Gasteiger partial charge in [0.2, 0.25) is 0 Å². The van der Waals surface area contributed by atoms with Crippen LogP contribution in [0.3, 0.4) is 0 Å². The largest absolute Gasteiger partial charge is 0.495 e. The van der Waals surface area contributed by atoms with Crippen molar-refractivity contribution >= 4 is 23.4 Å². The summed E-state index contributed by atoms with van der Waals surface area (Å²) >= 11 is 6.12. The molecule has 168 valence electrons. The molecule has 2 aromatic rings. The zero-order valence-corrected chi connectivity index (χ0v) is 18.7. The first-order chi connectivity index (χ1) is 15.6. The lowest BCUT2D eigenvalue weighted by molar-refractivity contribution is -0.142. The Labute approximate surface area is 190 Å². The molecule has 2 rings (SSSR count). The molecular weight excluding hydrogens is 422 g/mol. The molecule has 0 bridgehead atoms. The van der Waals surface area contributed by atoms with Crippen molar-refractivity contribution in [1.29, 1.82) is 0 Å². The van der Waals surface area contributed by atoms with Gasteiger partial charge in [0.25, 0.3) is 5.56 Å². The van der Waals surface area contributed by atoms with E-state index in [1.54, 1.807) is 6.92 Å². The summed E-state index contributed by atoms with van der Waals surface area (Å²) in [5, 5.41) is 10.0. The van der Waals surface area contributed by atoms with Gasteiger partial charge in [-0.15, -0.1) is 0 Å². The number of aromatic nitrogens is 1. The molecule has 0 saturated carbocycles. The van der Waals surface area contributed by atoms with E-state index >= 15 is 0 Å². The van der Waals surface area contributed by atoms with Gasteiger partial charge in [0, 0.05) is 41.7 Å². The fraction of sp³-hybridized carbons (Fsp3) is 0.435. The molecule has 0 amide bonds. The first-order valence-electron chi connectivity index (χ1n) is 11.3. The van der Waals surface area contributed by atoms with Crippen LogP contribution < -0.4 is 10.3 Å². The second-order valence-corrected chi connectivity index (χ2v) is 8.41. The molecule has 1 aromatic heterocycles. The van der Waals surface area contributed by atoms with Gasteiger partial charge in [-0.25, -0.2) is 4.79 Å². The molecule has 7 nitrogen and oxygen atoms in total. The number of benzene rings is 1. The van der Waals surface area contributed by atoms with Crippen molar-refractivity contribution in [3.63, 3.8) is 0 Å². The number of methoxy groups -OCH3 is 1. The van der Waals surface area contributed by atoms with Gasteiger partial charge in [-0.1, -0.05) is 18.5 Å². The van der Waals surface area contributed by atoms with Gasteiger partial charge in [0.05, 0.1) is 22.9 Å². The quantitative estimate of drug-likeness (QED) is 0.558. The van der Waals surface area contributed by atoms with Crippen LogP contribution in [0.5, 0.6) is 5.75 Å². The first kappa shape index (κ1) is 20.3. The van der Waals surface area contributed by atoms with Crippen LogP contribution >= 0.6 is 11.6 Å². The zero-order chi connectivity index (χ0) is 25.8. The Hall–Kier alpha value is -2.64. The minimum atomic E-state index is -2.90. The Morgan fingerprint density at radius 1 is 1.26 bits per heavy atom. The number of carbonyl (C=O) groups excluding carboxylic acids is 1. The van der Waals surface area contributed by atoms with Crippen molar-refractivity contribution in [1.82, 2.24) is 4.57 Å². The van der Waals surface area contributed by atoms with E-state index in [1.165, 1.54) is 18.2 Å². The molecule has 1 aromatic carbocycles. The van der Waals surface area contributed by atoms with Crippen LogP contribution in [-0.2, 0) is 9.53 Å². The van der Waals surface area contributed by atoms with Crippen molar-refractivity contribution in [2.75, 3.05) is 13.6 Å². The molecule has 0 aliphatic rings. The number of ether oxygens (including phenoxy) is 2. The van der Waals surface area contributed by atoms with Gasteiger partial charge in [-0.3, -0.25) is 14.2 Å². The summed E-state index contributed by atoms with van der Waals surface area (Å²) in [5.74, 6) is -1.83. The average Bonchev–Trinajstić information content (AvgIpc) is 2.70. The van der Waals surface area contributed by atoms with Gasteiger partial charge in [-0.2, -0.15) is 0 Å².